The Morgan fingerprint density at radius 1 is 1.37 bits per heavy atom. The van der Waals surface area contributed by atoms with Crippen molar-refractivity contribution in [2.45, 2.75) is 11.8 Å². The fraction of sp³-hybridized carbons (Fsp3) is 0.364. The average Bonchev–Trinajstić information content (AvgIpc) is 2.26. The summed E-state index contributed by atoms with van der Waals surface area (Å²) in [7, 11) is -4.84. The Hall–Kier alpha value is -1.25. The third-order valence-corrected chi connectivity index (χ3v) is 3.99. The Bertz CT molecular complexity index is 611. The van der Waals surface area contributed by atoms with Crippen LogP contribution >= 0.6 is 0 Å². The molecule has 0 aromatic heterocycles. The normalized spacial score (nSPS) is 13.0. The van der Waals surface area contributed by atoms with Crippen LogP contribution in [0.3, 0.4) is 0 Å². The van der Waals surface area contributed by atoms with Crippen LogP contribution in [0.4, 0.5) is 0 Å². The summed E-state index contributed by atoms with van der Waals surface area (Å²) in [6.07, 6.45) is 1.54. The molecule has 106 valence electrons. The molecule has 0 saturated carbocycles. The van der Waals surface area contributed by atoms with Crippen molar-refractivity contribution < 1.29 is 17.4 Å². The van der Waals surface area contributed by atoms with Gasteiger partial charge in [-0.1, -0.05) is 0 Å². The number of hydrogen-bond donors (Lipinski definition) is 2. The zero-order valence-corrected chi connectivity index (χ0v) is 12.3. The molecule has 0 radical (unpaired) electrons. The molecular weight excluding hydrogens is 288 g/mol. The summed E-state index contributed by atoms with van der Waals surface area (Å²) in [5.41, 5.74) is 0.835. The number of hydrogen-bond acceptors (Lipinski definition) is 4. The third kappa shape index (κ3) is 5.09. The highest BCUT2D eigenvalue weighted by Crippen LogP contribution is 2.13. The van der Waals surface area contributed by atoms with Gasteiger partial charge in [0.15, 0.2) is 0 Å². The van der Waals surface area contributed by atoms with Crippen LogP contribution in [-0.4, -0.2) is 37.1 Å². The van der Waals surface area contributed by atoms with Gasteiger partial charge in [-0.15, -0.1) is 0 Å². The average molecular weight is 304 g/mol. The number of benzene rings is 1. The predicted octanol–water partition coefficient (Wildman–Crippen LogP) is -0.249. The highest BCUT2D eigenvalue weighted by atomic mass is 32.2. The van der Waals surface area contributed by atoms with Gasteiger partial charge in [-0.2, -0.15) is 0 Å². The Morgan fingerprint density at radius 3 is 2.53 bits per heavy atom. The Kier molecular flexibility index (Phi) is 5.21. The lowest BCUT2D eigenvalue weighted by atomic mass is 10.1. The largest absolute Gasteiger partial charge is 0.351 e. The number of carbonyl (C=O) groups is 1. The Balaban J connectivity index is 2.92. The van der Waals surface area contributed by atoms with E-state index in [1.165, 1.54) is 18.4 Å². The van der Waals surface area contributed by atoms with Gasteiger partial charge in [0, 0.05) is 34.9 Å². The minimum absolute atomic E-state index is 0.100. The van der Waals surface area contributed by atoms with E-state index in [-0.39, 0.29) is 17.0 Å². The monoisotopic (exact) mass is 304 g/mol. The van der Waals surface area contributed by atoms with E-state index in [2.05, 4.69) is 5.32 Å². The van der Waals surface area contributed by atoms with Crippen molar-refractivity contribution in [1.82, 2.24) is 5.32 Å². The van der Waals surface area contributed by atoms with E-state index in [1.807, 2.05) is 0 Å². The highest BCUT2D eigenvalue weighted by molar-refractivity contribution is 7.89. The molecule has 0 aliphatic rings. The molecule has 1 aromatic rings. The van der Waals surface area contributed by atoms with Crippen molar-refractivity contribution in [3.63, 3.8) is 0 Å². The van der Waals surface area contributed by atoms with E-state index < -0.39 is 26.7 Å². The molecule has 0 aliphatic carbocycles. The van der Waals surface area contributed by atoms with Gasteiger partial charge in [-0.3, -0.25) is 9.00 Å². The minimum atomic E-state index is -3.84. The molecule has 1 unspecified atom stereocenters. The van der Waals surface area contributed by atoms with E-state index in [9.17, 15) is 17.4 Å². The van der Waals surface area contributed by atoms with Crippen molar-refractivity contribution in [2.24, 2.45) is 5.14 Å². The lowest BCUT2D eigenvalue weighted by Gasteiger charge is -2.07. The van der Waals surface area contributed by atoms with Gasteiger partial charge in [0.1, 0.15) is 0 Å². The molecule has 1 amide bonds. The van der Waals surface area contributed by atoms with Crippen LogP contribution < -0.4 is 10.5 Å². The van der Waals surface area contributed by atoms with Crippen LogP contribution in [0.25, 0.3) is 0 Å². The van der Waals surface area contributed by atoms with Crippen molar-refractivity contribution >= 4 is 26.7 Å². The van der Waals surface area contributed by atoms with Crippen molar-refractivity contribution in [1.29, 1.82) is 0 Å². The van der Waals surface area contributed by atoms with Gasteiger partial charge in [0.25, 0.3) is 5.91 Å². The summed E-state index contributed by atoms with van der Waals surface area (Å²) >= 11 is 0. The third-order valence-electron chi connectivity index (χ3n) is 2.32. The maximum atomic E-state index is 11.8. The number of aryl methyl sites for hydroxylation is 1. The molecule has 0 bridgehead atoms. The van der Waals surface area contributed by atoms with E-state index in [0.29, 0.717) is 11.3 Å². The van der Waals surface area contributed by atoms with Gasteiger partial charge in [0.2, 0.25) is 10.0 Å². The van der Waals surface area contributed by atoms with Crippen LogP contribution in [0.1, 0.15) is 15.9 Å². The fourth-order valence-corrected chi connectivity index (χ4v) is 2.48. The molecule has 19 heavy (non-hydrogen) atoms. The van der Waals surface area contributed by atoms with Crippen LogP contribution in [-0.2, 0) is 20.8 Å². The first-order valence-electron chi connectivity index (χ1n) is 5.43. The number of sulfonamides is 1. The second kappa shape index (κ2) is 6.27. The summed E-state index contributed by atoms with van der Waals surface area (Å²) in [4.78, 5) is 11.7. The molecule has 3 N–H and O–H groups in total. The summed E-state index contributed by atoms with van der Waals surface area (Å²) in [6.45, 7) is 1.94. The van der Waals surface area contributed by atoms with Gasteiger partial charge < -0.3 is 5.32 Å². The zero-order valence-electron chi connectivity index (χ0n) is 10.7. The van der Waals surface area contributed by atoms with Gasteiger partial charge in [0.05, 0.1) is 4.90 Å². The summed E-state index contributed by atoms with van der Waals surface area (Å²) in [5, 5.41) is 7.60. The first kappa shape index (κ1) is 15.8. The van der Waals surface area contributed by atoms with E-state index in [0.717, 1.165) is 0 Å². The Morgan fingerprint density at radius 2 is 2.00 bits per heavy atom. The maximum Gasteiger partial charge on any atom is 0.251 e. The van der Waals surface area contributed by atoms with E-state index in [4.69, 9.17) is 5.14 Å². The van der Waals surface area contributed by atoms with Gasteiger partial charge in [-0.05, 0) is 30.7 Å². The fourth-order valence-electron chi connectivity index (χ4n) is 1.45. The molecular formula is C11H16N2O4S2. The molecule has 0 saturated heterocycles. The first-order valence-corrected chi connectivity index (χ1v) is 8.70. The number of rotatable bonds is 5. The number of nitrogens with one attached hydrogen (secondary N) is 1. The number of nitrogens with two attached hydrogens (primary N) is 1. The first-order chi connectivity index (χ1) is 8.70. The Labute approximate surface area is 114 Å². The number of carbonyl (C=O) groups excluding carboxylic acids is 1. The number of primary sulfonamides is 1. The van der Waals surface area contributed by atoms with Crippen molar-refractivity contribution in [3.8, 4) is 0 Å². The smallest absolute Gasteiger partial charge is 0.251 e. The lowest BCUT2D eigenvalue weighted by molar-refractivity contribution is 0.0956. The quantitative estimate of drug-likeness (QED) is 0.782. The van der Waals surface area contributed by atoms with Gasteiger partial charge in [-0.25, -0.2) is 13.6 Å². The molecule has 0 spiro atoms. The summed E-state index contributed by atoms with van der Waals surface area (Å²) in [5.74, 6) is -0.0707. The molecule has 8 heteroatoms. The molecule has 0 heterocycles. The molecule has 0 aliphatic heterocycles. The lowest BCUT2D eigenvalue weighted by Crippen LogP contribution is -2.28. The van der Waals surface area contributed by atoms with Crippen LogP contribution in [0, 0.1) is 6.92 Å². The number of amides is 1. The van der Waals surface area contributed by atoms with Crippen LogP contribution in [0.5, 0.6) is 0 Å². The highest BCUT2D eigenvalue weighted by Gasteiger charge is 2.13. The van der Waals surface area contributed by atoms with Crippen LogP contribution in [0.2, 0.25) is 0 Å². The predicted molar refractivity (Wildman–Crippen MR) is 73.8 cm³/mol. The zero-order chi connectivity index (χ0) is 14.6. The second-order valence-electron chi connectivity index (χ2n) is 4.11. The molecule has 0 fully saturated rings. The SMILES string of the molecule is Cc1cc(C(=O)NCCS(C)=O)cc(S(N)(=O)=O)c1. The van der Waals surface area contributed by atoms with E-state index >= 15 is 0 Å². The van der Waals surface area contributed by atoms with Gasteiger partial charge >= 0.3 is 0 Å². The van der Waals surface area contributed by atoms with Crippen LogP contribution in [0.15, 0.2) is 23.1 Å². The van der Waals surface area contributed by atoms with Crippen molar-refractivity contribution in [3.05, 3.63) is 29.3 Å². The molecule has 6 nitrogen and oxygen atoms in total. The van der Waals surface area contributed by atoms with E-state index in [1.54, 1.807) is 13.0 Å². The van der Waals surface area contributed by atoms with Crippen molar-refractivity contribution in [2.75, 3.05) is 18.6 Å². The maximum absolute atomic E-state index is 11.8. The summed E-state index contributed by atoms with van der Waals surface area (Å²) < 4.78 is 33.4. The second-order valence-corrected chi connectivity index (χ2v) is 7.23. The molecule has 1 aromatic carbocycles. The standard InChI is InChI=1S/C11H16N2O4S2/c1-8-5-9(7-10(6-8)19(12,16)17)11(14)13-3-4-18(2)15/h5-7H,3-4H2,1-2H3,(H,13,14)(H2,12,16,17). The molecule has 1 atom stereocenters. The topological polar surface area (TPSA) is 106 Å². The minimum Gasteiger partial charge on any atom is -0.351 e. The summed E-state index contributed by atoms with van der Waals surface area (Å²) in [6, 6.07) is 4.18. The molecule has 1 rings (SSSR count).